The molecule has 1 unspecified atom stereocenters. The van der Waals surface area contributed by atoms with E-state index in [0.717, 1.165) is 44.5 Å². The van der Waals surface area contributed by atoms with Gasteiger partial charge in [0.25, 0.3) is 5.91 Å². The zero-order valence-electron chi connectivity index (χ0n) is 26.3. The van der Waals surface area contributed by atoms with Gasteiger partial charge in [0.15, 0.2) is 0 Å². The number of carbonyl (C=O) groups excluding carboxylic acids is 1. The summed E-state index contributed by atoms with van der Waals surface area (Å²) < 4.78 is 56.8. The lowest BCUT2D eigenvalue weighted by Crippen LogP contribution is -2.55. The first-order chi connectivity index (χ1) is 21.8. The van der Waals surface area contributed by atoms with Crippen LogP contribution < -0.4 is 21.5 Å². The standard InChI is InChI=1S/C33H41F4N7O2/c1-21-18-44(19-22(2)41(21)3)30-7-5-24(15-29(30)40-32(46)26-17-39-31(45)16-27(26)33(35,36)37)25-14-23(4-6-28(25)34)20-43-12-10-42(9-8-38)11-13-43/h4-7,14-17,21-22H,8-13,18-20,38H2,1-3H3,(H,39,45)(H,40,46)/t21-,22?/m0/s1. The number of anilines is 2. The number of piperazine rings is 2. The van der Waals surface area contributed by atoms with E-state index >= 15 is 4.39 Å². The fourth-order valence-corrected chi connectivity index (χ4v) is 6.27. The summed E-state index contributed by atoms with van der Waals surface area (Å²) in [5.74, 6) is -1.50. The van der Waals surface area contributed by atoms with Gasteiger partial charge in [-0.05, 0) is 56.3 Å². The fraction of sp³-hybridized carbons (Fsp3) is 0.455. The number of halogens is 4. The zero-order valence-corrected chi connectivity index (χ0v) is 26.3. The number of hydrogen-bond acceptors (Lipinski definition) is 7. The first kappa shape index (κ1) is 33.6. The highest BCUT2D eigenvalue weighted by molar-refractivity contribution is 6.07. The number of rotatable bonds is 8. The highest BCUT2D eigenvalue weighted by Crippen LogP contribution is 2.36. The molecule has 0 bridgehead atoms. The van der Waals surface area contributed by atoms with Crippen LogP contribution in [0, 0.1) is 5.82 Å². The Kier molecular flexibility index (Phi) is 10.2. The van der Waals surface area contributed by atoms with E-state index < -0.39 is 34.6 Å². The van der Waals surface area contributed by atoms with E-state index in [-0.39, 0.29) is 17.8 Å². The minimum Gasteiger partial charge on any atom is -0.367 e. The van der Waals surface area contributed by atoms with Gasteiger partial charge in [-0.2, -0.15) is 13.2 Å². The van der Waals surface area contributed by atoms with E-state index in [1.807, 2.05) is 7.05 Å². The van der Waals surface area contributed by atoms with Gasteiger partial charge in [-0.25, -0.2) is 4.39 Å². The third-order valence-electron chi connectivity index (χ3n) is 9.08. The highest BCUT2D eigenvalue weighted by atomic mass is 19.4. The zero-order chi connectivity index (χ0) is 33.2. The van der Waals surface area contributed by atoms with Crippen LogP contribution in [-0.4, -0.2) is 97.1 Å². The quantitative estimate of drug-likeness (QED) is 0.319. The van der Waals surface area contributed by atoms with Crippen LogP contribution in [-0.2, 0) is 12.7 Å². The Balaban J connectivity index is 1.49. The van der Waals surface area contributed by atoms with Gasteiger partial charge < -0.3 is 20.9 Å². The minimum absolute atomic E-state index is 0.161. The molecule has 1 amide bonds. The molecule has 13 heteroatoms. The molecule has 2 aliphatic heterocycles. The smallest absolute Gasteiger partial charge is 0.367 e. The largest absolute Gasteiger partial charge is 0.417 e. The third-order valence-corrected chi connectivity index (χ3v) is 9.08. The molecule has 248 valence electrons. The molecule has 0 aliphatic carbocycles. The first-order valence-electron chi connectivity index (χ1n) is 15.5. The van der Waals surface area contributed by atoms with Crippen molar-refractivity contribution in [3.63, 3.8) is 0 Å². The number of nitrogens with zero attached hydrogens (tertiary/aromatic N) is 4. The topological polar surface area (TPSA) is 101 Å². The average molecular weight is 644 g/mol. The summed E-state index contributed by atoms with van der Waals surface area (Å²) in [5, 5.41) is 2.66. The van der Waals surface area contributed by atoms with Gasteiger partial charge in [-0.15, -0.1) is 0 Å². The van der Waals surface area contributed by atoms with Gasteiger partial charge in [0.2, 0.25) is 5.56 Å². The Hall–Kier alpha value is -3.78. The van der Waals surface area contributed by atoms with Gasteiger partial charge in [-0.1, -0.05) is 12.1 Å². The predicted octanol–water partition coefficient (Wildman–Crippen LogP) is 4.06. The van der Waals surface area contributed by atoms with Crippen molar-refractivity contribution in [3.8, 4) is 11.1 Å². The average Bonchev–Trinajstić information content (AvgIpc) is 3.01. The number of benzene rings is 2. The fourth-order valence-electron chi connectivity index (χ4n) is 6.27. The monoisotopic (exact) mass is 643 g/mol. The van der Waals surface area contributed by atoms with Crippen LogP contribution in [0.3, 0.4) is 0 Å². The second kappa shape index (κ2) is 13.9. The van der Waals surface area contributed by atoms with Crippen molar-refractivity contribution in [2.75, 3.05) is 69.6 Å². The molecule has 2 aliphatic rings. The van der Waals surface area contributed by atoms with E-state index in [4.69, 9.17) is 5.73 Å². The molecule has 2 saturated heterocycles. The van der Waals surface area contributed by atoms with Crippen LogP contribution in [0.1, 0.15) is 35.3 Å². The van der Waals surface area contributed by atoms with Crippen molar-refractivity contribution in [3.05, 3.63) is 81.5 Å². The number of amides is 1. The molecule has 0 saturated carbocycles. The molecule has 2 fully saturated rings. The number of pyridine rings is 1. The van der Waals surface area contributed by atoms with Crippen LogP contribution in [0.2, 0.25) is 0 Å². The number of likely N-dealkylation sites (N-methyl/N-ethyl adjacent to an activating group) is 1. The van der Waals surface area contributed by atoms with Crippen LogP contribution >= 0.6 is 0 Å². The van der Waals surface area contributed by atoms with Gasteiger partial charge >= 0.3 is 6.18 Å². The lowest BCUT2D eigenvalue weighted by molar-refractivity contribution is -0.138. The molecule has 2 atom stereocenters. The van der Waals surface area contributed by atoms with Gasteiger partial charge in [0.1, 0.15) is 5.82 Å². The number of hydrogen-bond donors (Lipinski definition) is 3. The summed E-state index contributed by atoms with van der Waals surface area (Å²) in [6, 6.07) is 10.8. The van der Waals surface area contributed by atoms with E-state index in [1.54, 1.807) is 30.3 Å². The molecule has 3 aromatic rings. The second-order valence-corrected chi connectivity index (χ2v) is 12.3. The number of nitrogens with one attached hydrogen (secondary N) is 2. The number of aromatic amines is 1. The molecule has 0 spiro atoms. The molecule has 46 heavy (non-hydrogen) atoms. The molecule has 3 heterocycles. The molecular formula is C33H41F4N7O2. The summed E-state index contributed by atoms with van der Waals surface area (Å²) in [7, 11) is 2.03. The molecule has 1 aromatic heterocycles. The summed E-state index contributed by atoms with van der Waals surface area (Å²) >= 11 is 0. The second-order valence-electron chi connectivity index (χ2n) is 12.3. The summed E-state index contributed by atoms with van der Waals surface area (Å²) in [4.78, 5) is 36.2. The van der Waals surface area contributed by atoms with Gasteiger partial charge in [0.05, 0.1) is 22.5 Å². The Morgan fingerprint density at radius 2 is 1.67 bits per heavy atom. The number of carbonyl (C=O) groups is 1. The Labute approximate surface area is 266 Å². The van der Waals surface area contributed by atoms with Crippen molar-refractivity contribution in [2.45, 2.75) is 38.7 Å². The predicted molar refractivity (Wildman–Crippen MR) is 172 cm³/mol. The first-order valence-corrected chi connectivity index (χ1v) is 15.5. The maximum Gasteiger partial charge on any atom is 0.417 e. The SMILES string of the molecule is CC1CN(c2ccc(-c3cc(CN4CCN(CCN)CC4)ccc3F)cc2NC(=O)c2c[nH]c(=O)cc2C(F)(F)F)C[C@H](C)N1C. The summed E-state index contributed by atoms with van der Waals surface area (Å²) in [5.41, 5.74) is 5.22. The minimum atomic E-state index is -4.92. The lowest BCUT2D eigenvalue weighted by Gasteiger charge is -2.44. The van der Waals surface area contributed by atoms with Gasteiger partial charge in [0, 0.05) is 88.8 Å². The number of aromatic nitrogens is 1. The van der Waals surface area contributed by atoms with E-state index in [0.29, 0.717) is 49.1 Å². The maximum absolute atomic E-state index is 15.4. The van der Waals surface area contributed by atoms with E-state index in [9.17, 15) is 22.8 Å². The summed E-state index contributed by atoms with van der Waals surface area (Å²) in [6.07, 6.45) is -4.16. The van der Waals surface area contributed by atoms with Crippen molar-refractivity contribution in [1.29, 1.82) is 0 Å². The van der Waals surface area contributed by atoms with Crippen molar-refractivity contribution in [1.82, 2.24) is 19.7 Å². The summed E-state index contributed by atoms with van der Waals surface area (Å²) in [6.45, 7) is 11.0. The number of alkyl halides is 3. The normalized spacial score (nSPS) is 20.2. The number of nitrogens with two attached hydrogens (primary N) is 1. The number of H-pyrrole nitrogens is 1. The molecule has 0 radical (unpaired) electrons. The maximum atomic E-state index is 15.4. The molecule has 2 aromatic carbocycles. The van der Waals surface area contributed by atoms with Crippen LogP contribution in [0.25, 0.3) is 11.1 Å². The van der Waals surface area contributed by atoms with Crippen LogP contribution in [0.4, 0.5) is 28.9 Å². The Morgan fingerprint density at radius 3 is 2.33 bits per heavy atom. The lowest BCUT2D eigenvalue weighted by atomic mass is 9.99. The Bertz CT molecular complexity index is 1590. The van der Waals surface area contributed by atoms with Crippen LogP contribution in [0.5, 0.6) is 0 Å². The Morgan fingerprint density at radius 1 is 1.00 bits per heavy atom. The van der Waals surface area contributed by atoms with Crippen molar-refractivity contribution < 1.29 is 22.4 Å². The molecule has 5 rings (SSSR count). The van der Waals surface area contributed by atoms with Crippen molar-refractivity contribution in [2.24, 2.45) is 5.73 Å². The van der Waals surface area contributed by atoms with Crippen molar-refractivity contribution >= 4 is 17.3 Å². The van der Waals surface area contributed by atoms with Crippen LogP contribution in [0.15, 0.2) is 53.5 Å². The molecule has 4 N–H and O–H groups in total. The molecule has 9 nitrogen and oxygen atoms in total. The van der Waals surface area contributed by atoms with E-state index in [2.05, 4.69) is 43.7 Å². The molecular weight excluding hydrogens is 602 g/mol. The highest BCUT2D eigenvalue weighted by Gasteiger charge is 2.36. The van der Waals surface area contributed by atoms with E-state index in [1.165, 1.54) is 6.07 Å². The third kappa shape index (κ3) is 7.60. The van der Waals surface area contributed by atoms with Gasteiger partial charge in [-0.3, -0.25) is 24.3 Å².